The van der Waals surface area contributed by atoms with Gasteiger partial charge in [0.15, 0.2) is 6.10 Å². The van der Waals surface area contributed by atoms with Gasteiger partial charge in [-0.3, -0.25) is 14.4 Å². The Labute approximate surface area is 181 Å². The van der Waals surface area contributed by atoms with E-state index in [0.717, 1.165) is 28.8 Å². The molecule has 5 rings (SSSR count). The Morgan fingerprint density at radius 3 is 2.13 bits per heavy atom. The third-order valence-electron chi connectivity index (χ3n) is 6.15. The number of hydrogen-bond donors (Lipinski definition) is 0. The molecule has 3 aromatic rings. The molecular formula is C26H24N2O3. The second kappa shape index (κ2) is 7.67. The fourth-order valence-corrected chi connectivity index (χ4v) is 4.45. The number of hydroxylamine groups is 1. The van der Waals surface area contributed by atoms with Gasteiger partial charge in [0.25, 0.3) is 5.91 Å². The summed E-state index contributed by atoms with van der Waals surface area (Å²) in [6.45, 7) is 4.10. The van der Waals surface area contributed by atoms with Crippen LogP contribution in [0.25, 0.3) is 0 Å². The number of para-hydroxylation sites is 1. The van der Waals surface area contributed by atoms with E-state index < -0.39 is 12.0 Å². The summed E-state index contributed by atoms with van der Waals surface area (Å²) in [6, 6.07) is 24.9. The number of imide groups is 1. The van der Waals surface area contributed by atoms with E-state index in [-0.39, 0.29) is 17.9 Å². The lowest BCUT2D eigenvalue weighted by molar-refractivity contribution is -0.126. The molecule has 0 radical (unpaired) electrons. The molecule has 2 aliphatic heterocycles. The first-order chi connectivity index (χ1) is 15.1. The highest BCUT2D eigenvalue weighted by atomic mass is 16.7. The quantitative estimate of drug-likeness (QED) is 0.588. The number of nitrogens with zero attached hydrogens (tertiary/aromatic N) is 2. The molecule has 0 spiro atoms. The zero-order chi connectivity index (χ0) is 21.5. The molecule has 2 saturated heterocycles. The number of benzene rings is 3. The first kappa shape index (κ1) is 19.5. The summed E-state index contributed by atoms with van der Waals surface area (Å²) >= 11 is 0. The van der Waals surface area contributed by atoms with E-state index in [2.05, 4.69) is 6.92 Å². The van der Waals surface area contributed by atoms with Gasteiger partial charge in [-0.15, -0.1) is 0 Å². The lowest BCUT2D eigenvalue weighted by Crippen LogP contribution is -2.37. The van der Waals surface area contributed by atoms with Gasteiger partial charge >= 0.3 is 0 Å². The van der Waals surface area contributed by atoms with Crippen molar-refractivity contribution >= 4 is 23.2 Å². The second-order valence-electron chi connectivity index (χ2n) is 8.10. The van der Waals surface area contributed by atoms with Crippen LogP contribution in [-0.2, 0) is 20.8 Å². The average molecular weight is 412 g/mol. The van der Waals surface area contributed by atoms with Crippen molar-refractivity contribution in [3.05, 3.63) is 95.6 Å². The van der Waals surface area contributed by atoms with Gasteiger partial charge in [-0.1, -0.05) is 67.1 Å². The predicted octanol–water partition coefficient (Wildman–Crippen LogP) is 4.61. The molecule has 3 atom stereocenters. The van der Waals surface area contributed by atoms with Crippen LogP contribution in [0.3, 0.4) is 0 Å². The monoisotopic (exact) mass is 412 g/mol. The van der Waals surface area contributed by atoms with Crippen molar-refractivity contribution in [2.24, 2.45) is 5.92 Å². The number of amides is 2. The first-order valence-electron chi connectivity index (χ1n) is 10.6. The Morgan fingerprint density at radius 2 is 1.48 bits per heavy atom. The minimum absolute atomic E-state index is 0.219. The molecule has 0 aromatic heterocycles. The van der Waals surface area contributed by atoms with Crippen LogP contribution in [0, 0.1) is 12.8 Å². The Hall–Kier alpha value is -3.44. The van der Waals surface area contributed by atoms with Crippen molar-refractivity contribution in [3.63, 3.8) is 0 Å². The maximum atomic E-state index is 13.6. The van der Waals surface area contributed by atoms with Gasteiger partial charge in [0.2, 0.25) is 5.91 Å². The average Bonchev–Trinajstić information content (AvgIpc) is 3.31. The van der Waals surface area contributed by atoms with Crippen LogP contribution in [0.2, 0.25) is 0 Å². The molecule has 2 heterocycles. The van der Waals surface area contributed by atoms with Crippen LogP contribution in [0.15, 0.2) is 78.9 Å². The van der Waals surface area contributed by atoms with E-state index in [1.807, 2.05) is 85.8 Å². The van der Waals surface area contributed by atoms with Crippen molar-refractivity contribution < 1.29 is 14.4 Å². The number of carbonyl (C=O) groups is 2. The lowest BCUT2D eigenvalue weighted by Gasteiger charge is -2.28. The first-order valence-corrected chi connectivity index (χ1v) is 10.6. The topological polar surface area (TPSA) is 49.9 Å². The molecule has 2 fully saturated rings. The number of aryl methyl sites for hydroxylation is 2. The van der Waals surface area contributed by atoms with Gasteiger partial charge in [-0.2, -0.15) is 0 Å². The standard InChI is InChI=1S/C26H24N2O3/c1-3-18-11-15-20(16-12-18)27-25(29)22-23(19-13-9-17(2)10-14-19)28(31-24(22)26(27)30)21-7-5-4-6-8-21/h4-16,22-24H,3H2,1-2H3/t22-,23+,24-/m0/s1. The lowest BCUT2D eigenvalue weighted by atomic mass is 9.90. The molecule has 2 aliphatic rings. The molecule has 0 N–H and O–H groups in total. The van der Waals surface area contributed by atoms with Crippen LogP contribution in [0.5, 0.6) is 0 Å². The number of hydrogen-bond acceptors (Lipinski definition) is 4. The summed E-state index contributed by atoms with van der Waals surface area (Å²) in [6.07, 6.45) is 0.0581. The fraction of sp³-hybridized carbons (Fsp3) is 0.231. The van der Waals surface area contributed by atoms with Gasteiger partial charge in [0.1, 0.15) is 5.92 Å². The summed E-state index contributed by atoms with van der Waals surface area (Å²) < 4.78 is 0. The third-order valence-corrected chi connectivity index (χ3v) is 6.15. The molecular weight excluding hydrogens is 388 g/mol. The van der Waals surface area contributed by atoms with Crippen molar-refractivity contribution in [2.45, 2.75) is 32.4 Å². The summed E-state index contributed by atoms with van der Waals surface area (Å²) in [5.41, 5.74) is 4.66. The Bertz CT molecular complexity index is 1110. The molecule has 0 saturated carbocycles. The van der Waals surface area contributed by atoms with E-state index in [0.29, 0.717) is 5.69 Å². The van der Waals surface area contributed by atoms with Gasteiger partial charge in [0, 0.05) is 0 Å². The molecule has 5 nitrogen and oxygen atoms in total. The largest absolute Gasteiger partial charge is 0.273 e. The van der Waals surface area contributed by atoms with E-state index in [1.165, 1.54) is 4.90 Å². The maximum Gasteiger partial charge on any atom is 0.266 e. The number of anilines is 2. The van der Waals surface area contributed by atoms with Gasteiger partial charge < -0.3 is 0 Å². The van der Waals surface area contributed by atoms with Crippen LogP contribution in [-0.4, -0.2) is 17.9 Å². The van der Waals surface area contributed by atoms with Crippen molar-refractivity contribution in [1.29, 1.82) is 0 Å². The Morgan fingerprint density at radius 1 is 0.806 bits per heavy atom. The fourth-order valence-electron chi connectivity index (χ4n) is 4.45. The number of carbonyl (C=O) groups excluding carboxylic acids is 2. The highest BCUT2D eigenvalue weighted by Crippen LogP contribution is 2.47. The predicted molar refractivity (Wildman–Crippen MR) is 120 cm³/mol. The Kier molecular flexibility index (Phi) is 4.83. The zero-order valence-electron chi connectivity index (χ0n) is 17.6. The SMILES string of the molecule is CCc1ccc(N2C(=O)[C@@H]3[C@H](ON(c4ccccc4)[C@@H]3c3ccc(C)cc3)C2=O)cc1. The highest BCUT2D eigenvalue weighted by Gasteiger charge is 2.60. The third kappa shape index (κ3) is 3.22. The molecule has 0 bridgehead atoms. The van der Waals surface area contributed by atoms with E-state index in [1.54, 1.807) is 5.06 Å². The van der Waals surface area contributed by atoms with E-state index >= 15 is 0 Å². The normalized spacial score (nSPS) is 22.8. The van der Waals surface area contributed by atoms with Crippen molar-refractivity contribution in [2.75, 3.05) is 9.96 Å². The van der Waals surface area contributed by atoms with Crippen LogP contribution >= 0.6 is 0 Å². The Balaban J connectivity index is 1.56. The number of rotatable bonds is 4. The van der Waals surface area contributed by atoms with Gasteiger partial charge in [-0.05, 0) is 48.7 Å². The van der Waals surface area contributed by atoms with Crippen molar-refractivity contribution in [3.8, 4) is 0 Å². The highest BCUT2D eigenvalue weighted by molar-refractivity contribution is 6.23. The molecule has 5 heteroatoms. The summed E-state index contributed by atoms with van der Waals surface area (Å²) in [7, 11) is 0. The van der Waals surface area contributed by atoms with Gasteiger partial charge in [0.05, 0.1) is 17.4 Å². The van der Waals surface area contributed by atoms with E-state index in [4.69, 9.17) is 4.84 Å². The number of fused-ring (bicyclic) bond motifs is 1. The molecule has 2 amide bonds. The van der Waals surface area contributed by atoms with Crippen molar-refractivity contribution in [1.82, 2.24) is 0 Å². The summed E-state index contributed by atoms with van der Waals surface area (Å²) in [5, 5.41) is 1.73. The van der Waals surface area contributed by atoms with Crippen LogP contribution in [0.1, 0.15) is 29.7 Å². The molecule has 156 valence electrons. The van der Waals surface area contributed by atoms with Crippen LogP contribution < -0.4 is 9.96 Å². The minimum atomic E-state index is -0.843. The van der Waals surface area contributed by atoms with Crippen LogP contribution in [0.4, 0.5) is 11.4 Å². The summed E-state index contributed by atoms with van der Waals surface area (Å²) in [5.74, 6) is -1.14. The van der Waals surface area contributed by atoms with Gasteiger partial charge in [-0.25, -0.2) is 9.96 Å². The minimum Gasteiger partial charge on any atom is -0.273 e. The smallest absolute Gasteiger partial charge is 0.266 e. The molecule has 0 aliphatic carbocycles. The van der Waals surface area contributed by atoms with E-state index in [9.17, 15) is 9.59 Å². The maximum absolute atomic E-state index is 13.6. The molecule has 0 unspecified atom stereocenters. The molecule has 3 aromatic carbocycles. The molecule has 31 heavy (non-hydrogen) atoms. The second-order valence-corrected chi connectivity index (χ2v) is 8.10. The summed E-state index contributed by atoms with van der Waals surface area (Å²) in [4.78, 5) is 34.4. The zero-order valence-corrected chi connectivity index (χ0v) is 17.6.